The predicted molar refractivity (Wildman–Crippen MR) is 41.2 cm³/mol. The molecule has 0 aliphatic rings. The summed E-state index contributed by atoms with van der Waals surface area (Å²) in [4.78, 5) is 3.78. The minimum Gasteiger partial charge on any atom is -0.403 e. The van der Waals surface area contributed by atoms with E-state index in [-0.39, 0.29) is 0 Å². The van der Waals surface area contributed by atoms with Crippen molar-refractivity contribution in [3.8, 4) is 6.07 Å². The molecule has 0 fully saturated rings. The monoisotopic (exact) mass is 135 g/mol. The predicted octanol–water partition coefficient (Wildman–Crippen LogP) is 0.957. The highest BCUT2D eigenvalue weighted by Crippen LogP contribution is 1.93. The number of aliphatic imine (C=N–C) groups is 1. The summed E-state index contributed by atoms with van der Waals surface area (Å²) in [5, 5.41) is 8.41. The smallest absolute Gasteiger partial charge is 0.103 e. The SMILES string of the molecule is C=CN=C(C)C(C#N)=CN. The van der Waals surface area contributed by atoms with Gasteiger partial charge in [0, 0.05) is 12.4 Å². The first kappa shape index (κ1) is 8.44. The van der Waals surface area contributed by atoms with Crippen molar-refractivity contribution in [1.29, 1.82) is 5.26 Å². The second-order valence-corrected chi connectivity index (χ2v) is 1.59. The van der Waals surface area contributed by atoms with Crippen molar-refractivity contribution in [3.05, 3.63) is 24.6 Å². The van der Waals surface area contributed by atoms with E-state index in [2.05, 4.69) is 11.6 Å². The molecule has 0 aromatic carbocycles. The van der Waals surface area contributed by atoms with Crippen LogP contribution in [0.3, 0.4) is 0 Å². The van der Waals surface area contributed by atoms with Crippen LogP contribution in [-0.4, -0.2) is 5.71 Å². The Morgan fingerprint density at radius 1 is 1.80 bits per heavy atom. The molecule has 0 saturated heterocycles. The first-order valence-electron chi connectivity index (χ1n) is 2.74. The maximum atomic E-state index is 8.41. The number of nitriles is 1. The molecule has 0 aromatic rings. The van der Waals surface area contributed by atoms with Crippen LogP contribution in [-0.2, 0) is 0 Å². The highest BCUT2D eigenvalue weighted by Gasteiger charge is 1.95. The molecule has 0 atom stereocenters. The van der Waals surface area contributed by atoms with E-state index in [0.29, 0.717) is 11.3 Å². The second kappa shape index (κ2) is 4.33. The number of hydrogen-bond donors (Lipinski definition) is 1. The van der Waals surface area contributed by atoms with E-state index >= 15 is 0 Å². The second-order valence-electron chi connectivity index (χ2n) is 1.59. The molecule has 0 aliphatic heterocycles. The fourth-order valence-electron chi connectivity index (χ4n) is 0.445. The number of allylic oxidation sites excluding steroid dienone is 1. The van der Waals surface area contributed by atoms with Crippen molar-refractivity contribution in [2.75, 3.05) is 0 Å². The first-order valence-corrected chi connectivity index (χ1v) is 2.74. The van der Waals surface area contributed by atoms with Gasteiger partial charge in [0.2, 0.25) is 0 Å². The van der Waals surface area contributed by atoms with Crippen LogP contribution >= 0.6 is 0 Å². The van der Waals surface area contributed by atoms with Gasteiger partial charge in [-0.05, 0) is 6.92 Å². The largest absolute Gasteiger partial charge is 0.403 e. The van der Waals surface area contributed by atoms with Gasteiger partial charge in [-0.25, -0.2) is 0 Å². The average Bonchev–Trinajstić information content (AvgIpc) is 1.91. The van der Waals surface area contributed by atoms with Crippen LogP contribution in [0.15, 0.2) is 29.5 Å². The lowest BCUT2D eigenvalue weighted by molar-refractivity contribution is 1.45. The molecule has 0 bridgehead atoms. The van der Waals surface area contributed by atoms with Gasteiger partial charge in [-0.15, -0.1) is 0 Å². The molecule has 3 heteroatoms. The van der Waals surface area contributed by atoms with E-state index in [1.54, 1.807) is 6.92 Å². The van der Waals surface area contributed by atoms with Crippen molar-refractivity contribution in [3.63, 3.8) is 0 Å². The summed E-state index contributed by atoms with van der Waals surface area (Å²) in [7, 11) is 0. The van der Waals surface area contributed by atoms with Crippen LogP contribution in [0.25, 0.3) is 0 Å². The molecular formula is C7H9N3. The van der Waals surface area contributed by atoms with E-state index in [1.165, 1.54) is 12.4 Å². The quantitative estimate of drug-likeness (QED) is 0.452. The molecule has 0 heterocycles. The van der Waals surface area contributed by atoms with Crippen LogP contribution in [0.4, 0.5) is 0 Å². The van der Waals surface area contributed by atoms with Crippen molar-refractivity contribution < 1.29 is 0 Å². The zero-order valence-corrected chi connectivity index (χ0v) is 5.83. The Kier molecular flexibility index (Phi) is 3.66. The first-order chi connectivity index (χ1) is 4.76. The van der Waals surface area contributed by atoms with E-state index in [9.17, 15) is 0 Å². The lowest BCUT2D eigenvalue weighted by Gasteiger charge is -1.91. The Hall–Kier alpha value is -1.56. The van der Waals surface area contributed by atoms with Crippen molar-refractivity contribution in [1.82, 2.24) is 0 Å². The summed E-state index contributed by atoms with van der Waals surface area (Å²) in [5.74, 6) is 0. The molecule has 0 saturated carbocycles. The number of hydrogen-bond acceptors (Lipinski definition) is 3. The Morgan fingerprint density at radius 2 is 2.40 bits per heavy atom. The fourth-order valence-corrected chi connectivity index (χ4v) is 0.445. The van der Waals surface area contributed by atoms with E-state index < -0.39 is 0 Å². The van der Waals surface area contributed by atoms with E-state index in [1.807, 2.05) is 6.07 Å². The molecular weight excluding hydrogens is 126 g/mol. The summed E-state index contributed by atoms with van der Waals surface area (Å²) in [6.45, 7) is 5.08. The lowest BCUT2D eigenvalue weighted by atomic mass is 10.2. The standard InChI is InChI=1S/C7H9N3/c1-3-10-6(2)7(4-8)5-9/h3-4H,1,8H2,2H3. The molecule has 3 nitrogen and oxygen atoms in total. The summed E-state index contributed by atoms with van der Waals surface area (Å²) in [6.07, 6.45) is 2.60. The Morgan fingerprint density at radius 3 is 2.70 bits per heavy atom. The van der Waals surface area contributed by atoms with E-state index in [4.69, 9.17) is 11.0 Å². The molecule has 0 rings (SSSR count). The van der Waals surface area contributed by atoms with Crippen molar-refractivity contribution in [2.24, 2.45) is 10.7 Å². The van der Waals surface area contributed by atoms with Gasteiger partial charge >= 0.3 is 0 Å². The van der Waals surface area contributed by atoms with Crippen LogP contribution < -0.4 is 5.73 Å². The van der Waals surface area contributed by atoms with Crippen molar-refractivity contribution >= 4 is 5.71 Å². The van der Waals surface area contributed by atoms with Crippen LogP contribution in [0.5, 0.6) is 0 Å². The van der Waals surface area contributed by atoms with Gasteiger partial charge in [-0.3, -0.25) is 4.99 Å². The van der Waals surface area contributed by atoms with Crippen LogP contribution in [0.2, 0.25) is 0 Å². The fraction of sp³-hybridized carbons (Fsp3) is 0.143. The molecule has 0 unspecified atom stereocenters. The molecule has 0 aromatic heterocycles. The van der Waals surface area contributed by atoms with Gasteiger partial charge in [0.1, 0.15) is 6.07 Å². The topological polar surface area (TPSA) is 62.2 Å². The van der Waals surface area contributed by atoms with Gasteiger partial charge in [0.25, 0.3) is 0 Å². The van der Waals surface area contributed by atoms with Gasteiger partial charge in [-0.1, -0.05) is 6.58 Å². The zero-order valence-electron chi connectivity index (χ0n) is 5.83. The minimum atomic E-state index is 0.375. The highest BCUT2D eigenvalue weighted by atomic mass is 14.7. The lowest BCUT2D eigenvalue weighted by Crippen LogP contribution is -1.97. The highest BCUT2D eigenvalue weighted by molar-refractivity contribution is 6.01. The summed E-state index contributed by atoms with van der Waals surface area (Å²) in [5.41, 5.74) is 6.07. The Labute approximate surface area is 60.2 Å². The van der Waals surface area contributed by atoms with Gasteiger partial charge < -0.3 is 5.73 Å². The number of nitrogens with zero attached hydrogens (tertiary/aromatic N) is 2. The molecule has 0 aliphatic carbocycles. The van der Waals surface area contributed by atoms with Crippen molar-refractivity contribution in [2.45, 2.75) is 6.92 Å². The van der Waals surface area contributed by atoms with Crippen LogP contribution in [0.1, 0.15) is 6.92 Å². The third kappa shape index (κ3) is 2.14. The normalized spacial score (nSPS) is 12.4. The average molecular weight is 135 g/mol. The summed E-state index contributed by atoms with van der Waals surface area (Å²) in [6, 6.07) is 1.89. The molecule has 10 heavy (non-hydrogen) atoms. The maximum absolute atomic E-state index is 8.41. The number of nitrogens with two attached hydrogens (primary N) is 1. The van der Waals surface area contributed by atoms with Gasteiger partial charge in [0.15, 0.2) is 0 Å². The van der Waals surface area contributed by atoms with Gasteiger partial charge in [-0.2, -0.15) is 5.26 Å². The zero-order chi connectivity index (χ0) is 7.98. The molecule has 0 amide bonds. The third-order valence-corrected chi connectivity index (χ3v) is 0.962. The Bertz CT molecular complexity index is 217. The molecule has 0 radical (unpaired) electrons. The Balaban J connectivity index is 4.51. The van der Waals surface area contributed by atoms with Gasteiger partial charge in [0.05, 0.1) is 11.3 Å². The summed E-state index contributed by atoms with van der Waals surface area (Å²) >= 11 is 0. The maximum Gasteiger partial charge on any atom is 0.103 e. The number of rotatable bonds is 2. The molecule has 0 spiro atoms. The van der Waals surface area contributed by atoms with E-state index in [0.717, 1.165) is 0 Å². The minimum absolute atomic E-state index is 0.375. The molecule has 52 valence electrons. The summed E-state index contributed by atoms with van der Waals surface area (Å²) < 4.78 is 0. The van der Waals surface area contributed by atoms with Crippen LogP contribution in [0, 0.1) is 11.3 Å². The third-order valence-electron chi connectivity index (χ3n) is 0.962. The molecule has 2 N–H and O–H groups in total.